The van der Waals surface area contributed by atoms with E-state index in [-0.39, 0.29) is 12.0 Å². The summed E-state index contributed by atoms with van der Waals surface area (Å²) in [5.41, 5.74) is 1.59. The molecule has 0 spiro atoms. The Balaban J connectivity index is 1.29. The number of aromatic nitrogens is 2. The van der Waals surface area contributed by atoms with Crippen molar-refractivity contribution in [1.29, 1.82) is 0 Å². The number of aliphatic hydroxyl groups is 1. The highest BCUT2D eigenvalue weighted by atomic mass is 16.6. The van der Waals surface area contributed by atoms with Crippen molar-refractivity contribution in [1.82, 2.24) is 15.1 Å². The van der Waals surface area contributed by atoms with Crippen molar-refractivity contribution >= 4 is 12.1 Å². The molecule has 2 fully saturated rings. The molecule has 1 amide bonds. The van der Waals surface area contributed by atoms with Gasteiger partial charge in [-0.05, 0) is 63.8 Å². The van der Waals surface area contributed by atoms with Crippen molar-refractivity contribution in [2.45, 2.75) is 76.0 Å². The quantitative estimate of drug-likeness (QED) is 0.346. The largest absolute Gasteiger partial charge is 0.465 e. The zero-order valence-corrected chi connectivity index (χ0v) is 23.6. The van der Waals surface area contributed by atoms with Crippen LogP contribution in [0.4, 0.5) is 4.79 Å². The highest BCUT2D eigenvalue weighted by Gasteiger charge is 2.54. The molecule has 8 heteroatoms. The topological polar surface area (TPSA) is 102 Å². The third-order valence-electron chi connectivity index (χ3n) is 8.02. The lowest BCUT2D eigenvalue weighted by atomic mass is 9.80. The number of hydrogen-bond donors (Lipinski definition) is 1. The molecule has 2 atom stereocenters. The number of cyclic esters (lactones) is 1. The van der Waals surface area contributed by atoms with Crippen molar-refractivity contribution < 1.29 is 24.2 Å². The lowest BCUT2D eigenvalue weighted by molar-refractivity contribution is -0.146. The molecule has 210 valence electrons. The molecule has 2 heterocycles. The Kier molecular flexibility index (Phi) is 7.40. The zero-order chi connectivity index (χ0) is 28.5. The van der Waals surface area contributed by atoms with Gasteiger partial charge in [-0.2, -0.15) is 10.2 Å². The second-order valence-electron chi connectivity index (χ2n) is 11.6. The normalized spacial score (nSPS) is 20.9. The monoisotopic (exact) mass is 543 g/mol. The number of carbonyl (C=O) groups excluding carboxylic acids is 2. The SMILES string of the molecule is CCOC(=O)C1(c2ccc(-c3ccc([C@H](C)N4CC[C@](CC(C)(C)O)(c5ccccc5)OC4=O)cc3)nn2)CC1. The Morgan fingerprint density at radius 3 is 2.30 bits per heavy atom. The Hall–Kier alpha value is -3.78. The number of carbonyl (C=O) groups is 2. The summed E-state index contributed by atoms with van der Waals surface area (Å²) in [7, 11) is 0. The number of rotatable bonds is 9. The van der Waals surface area contributed by atoms with Crippen LogP contribution in [0.15, 0.2) is 66.7 Å². The van der Waals surface area contributed by atoms with Crippen LogP contribution in [0.5, 0.6) is 0 Å². The molecule has 3 aromatic rings. The van der Waals surface area contributed by atoms with Gasteiger partial charge in [-0.3, -0.25) is 4.79 Å². The van der Waals surface area contributed by atoms with Crippen molar-refractivity contribution in [3.05, 3.63) is 83.6 Å². The Labute approximate surface area is 235 Å². The molecule has 1 aromatic heterocycles. The van der Waals surface area contributed by atoms with Crippen molar-refractivity contribution in [3.8, 4) is 11.3 Å². The number of nitrogens with zero attached hydrogens (tertiary/aromatic N) is 3. The fraction of sp³-hybridized carbons (Fsp3) is 0.438. The smallest absolute Gasteiger partial charge is 0.411 e. The number of hydrogen-bond acceptors (Lipinski definition) is 7. The Morgan fingerprint density at radius 1 is 1.05 bits per heavy atom. The first-order chi connectivity index (χ1) is 19.1. The summed E-state index contributed by atoms with van der Waals surface area (Å²) < 4.78 is 11.4. The van der Waals surface area contributed by atoms with Gasteiger partial charge in [0.2, 0.25) is 0 Å². The molecule has 5 rings (SSSR count). The molecule has 1 saturated carbocycles. The van der Waals surface area contributed by atoms with Gasteiger partial charge in [-0.15, -0.1) is 0 Å². The first kappa shape index (κ1) is 27.8. The number of amides is 1. The molecule has 1 aliphatic heterocycles. The van der Waals surface area contributed by atoms with Crippen molar-refractivity contribution in [3.63, 3.8) is 0 Å². The standard InChI is InChI=1S/C32H37N3O5/c1-5-39-28(36)31(17-18-31)27-16-15-26(33-34-27)24-13-11-23(12-14-24)22(2)35-20-19-32(40-29(35)37,21-30(3,4)38)25-9-7-6-8-10-25/h6-16,22,38H,5,17-21H2,1-4H3/t22-,32-/m0/s1. The number of ether oxygens (including phenoxy) is 2. The maximum absolute atomic E-state index is 13.4. The van der Waals surface area contributed by atoms with E-state index < -0.39 is 22.7 Å². The molecule has 1 aliphatic carbocycles. The average Bonchev–Trinajstić information content (AvgIpc) is 3.75. The summed E-state index contributed by atoms with van der Waals surface area (Å²) in [4.78, 5) is 27.5. The van der Waals surface area contributed by atoms with Crippen LogP contribution < -0.4 is 0 Å². The maximum Gasteiger partial charge on any atom is 0.411 e. The van der Waals surface area contributed by atoms with Gasteiger partial charge in [0.15, 0.2) is 0 Å². The van der Waals surface area contributed by atoms with E-state index in [1.165, 1.54) is 0 Å². The predicted octanol–water partition coefficient (Wildman–Crippen LogP) is 5.70. The molecule has 0 radical (unpaired) electrons. The van der Waals surface area contributed by atoms with Crippen molar-refractivity contribution in [2.75, 3.05) is 13.2 Å². The molecule has 1 saturated heterocycles. The van der Waals surface area contributed by atoms with E-state index in [0.717, 1.165) is 29.5 Å². The van der Waals surface area contributed by atoms with E-state index in [4.69, 9.17) is 9.47 Å². The highest BCUT2D eigenvalue weighted by molar-refractivity contribution is 5.86. The lowest BCUT2D eigenvalue weighted by Crippen LogP contribution is -2.51. The second kappa shape index (κ2) is 10.7. The van der Waals surface area contributed by atoms with Gasteiger partial charge in [-0.1, -0.05) is 54.6 Å². The summed E-state index contributed by atoms with van der Waals surface area (Å²) in [5.74, 6) is -0.229. The van der Waals surface area contributed by atoms with Gasteiger partial charge in [0.1, 0.15) is 11.0 Å². The van der Waals surface area contributed by atoms with Crippen LogP contribution in [0, 0.1) is 0 Å². The predicted molar refractivity (Wildman–Crippen MR) is 150 cm³/mol. The van der Waals surface area contributed by atoms with Gasteiger partial charge in [0.25, 0.3) is 0 Å². The fourth-order valence-corrected chi connectivity index (χ4v) is 5.70. The van der Waals surface area contributed by atoms with E-state index >= 15 is 0 Å². The van der Waals surface area contributed by atoms with E-state index in [9.17, 15) is 14.7 Å². The van der Waals surface area contributed by atoms with Crippen molar-refractivity contribution in [2.24, 2.45) is 0 Å². The fourth-order valence-electron chi connectivity index (χ4n) is 5.70. The molecule has 0 bridgehead atoms. The average molecular weight is 544 g/mol. The van der Waals surface area contributed by atoms with E-state index in [0.29, 0.717) is 37.4 Å². The Bertz CT molecular complexity index is 1350. The molecular weight excluding hydrogens is 506 g/mol. The summed E-state index contributed by atoms with van der Waals surface area (Å²) in [6.07, 6.45) is 1.95. The highest BCUT2D eigenvalue weighted by Crippen LogP contribution is 2.48. The molecule has 40 heavy (non-hydrogen) atoms. The van der Waals surface area contributed by atoms with Crippen LogP contribution >= 0.6 is 0 Å². The second-order valence-corrected chi connectivity index (χ2v) is 11.6. The van der Waals surface area contributed by atoms with Crippen LogP contribution in [0.2, 0.25) is 0 Å². The third-order valence-corrected chi connectivity index (χ3v) is 8.02. The summed E-state index contributed by atoms with van der Waals surface area (Å²) >= 11 is 0. The van der Waals surface area contributed by atoms with E-state index in [1.54, 1.807) is 25.7 Å². The van der Waals surface area contributed by atoms with E-state index in [2.05, 4.69) is 10.2 Å². The molecule has 8 nitrogen and oxygen atoms in total. The van der Waals surface area contributed by atoms with Crippen LogP contribution in [-0.4, -0.2) is 51.0 Å². The minimum atomic E-state index is -1.00. The van der Waals surface area contributed by atoms with Gasteiger partial charge >= 0.3 is 12.1 Å². The molecular formula is C32H37N3O5. The van der Waals surface area contributed by atoms with Gasteiger partial charge in [-0.25, -0.2) is 4.79 Å². The minimum Gasteiger partial charge on any atom is -0.465 e. The first-order valence-electron chi connectivity index (χ1n) is 14.0. The summed E-state index contributed by atoms with van der Waals surface area (Å²) in [6, 6.07) is 21.1. The molecule has 0 unspecified atom stereocenters. The summed E-state index contributed by atoms with van der Waals surface area (Å²) in [5, 5.41) is 19.4. The molecule has 2 aliphatic rings. The zero-order valence-electron chi connectivity index (χ0n) is 23.6. The molecule has 2 aromatic carbocycles. The van der Waals surface area contributed by atoms with Gasteiger partial charge < -0.3 is 19.5 Å². The minimum absolute atomic E-state index is 0.203. The number of esters is 1. The third kappa shape index (κ3) is 5.45. The maximum atomic E-state index is 13.4. The lowest BCUT2D eigenvalue weighted by Gasteiger charge is -2.45. The van der Waals surface area contributed by atoms with Gasteiger partial charge in [0, 0.05) is 24.9 Å². The van der Waals surface area contributed by atoms with Crippen LogP contribution in [-0.2, 0) is 25.3 Å². The Morgan fingerprint density at radius 2 is 1.75 bits per heavy atom. The van der Waals surface area contributed by atoms with Crippen LogP contribution in [0.25, 0.3) is 11.3 Å². The molecule has 1 N–H and O–H groups in total. The van der Waals surface area contributed by atoms with Crippen LogP contribution in [0.3, 0.4) is 0 Å². The summed E-state index contributed by atoms with van der Waals surface area (Å²) in [6.45, 7) is 8.12. The van der Waals surface area contributed by atoms with Gasteiger partial charge in [0.05, 0.1) is 29.6 Å². The first-order valence-corrected chi connectivity index (χ1v) is 14.0. The van der Waals surface area contributed by atoms with Crippen LogP contribution in [0.1, 0.15) is 76.2 Å². The number of benzene rings is 2. The van der Waals surface area contributed by atoms with E-state index in [1.807, 2.05) is 73.7 Å².